The van der Waals surface area contributed by atoms with Gasteiger partial charge in [-0.05, 0) is 61.4 Å². The summed E-state index contributed by atoms with van der Waals surface area (Å²) >= 11 is 0. The summed E-state index contributed by atoms with van der Waals surface area (Å²) in [5.41, 5.74) is 9.00. The number of carbonyl (C=O) groups is 4. The highest BCUT2D eigenvalue weighted by Crippen LogP contribution is 2.31. The second kappa shape index (κ2) is 21.3. The van der Waals surface area contributed by atoms with Gasteiger partial charge in [-0.2, -0.15) is 0 Å². The van der Waals surface area contributed by atoms with E-state index in [1.54, 1.807) is 26.2 Å². The Labute approximate surface area is 317 Å². The lowest BCUT2D eigenvalue weighted by Gasteiger charge is -2.40. The summed E-state index contributed by atoms with van der Waals surface area (Å²) in [6.45, 7) is 11.0. The van der Waals surface area contributed by atoms with Crippen molar-refractivity contribution < 1.29 is 28.7 Å². The van der Waals surface area contributed by atoms with E-state index >= 15 is 0 Å². The fraction of sp³-hybridized carbons (Fsp3) is 0.619. The van der Waals surface area contributed by atoms with Crippen molar-refractivity contribution in [1.29, 1.82) is 0 Å². The smallest absolute Gasteiger partial charge is 0.239 e. The van der Waals surface area contributed by atoms with Gasteiger partial charge in [-0.1, -0.05) is 83.5 Å². The van der Waals surface area contributed by atoms with Crippen LogP contribution in [0.4, 0.5) is 5.69 Å². The van der Waals surface area contributed by atoms with Crippen LogP contribution in [0.5, 0.6) is 0 Å². The van der Waals surface area contributed by atoms with E-state index in [2.05, 4.69) is 24.5 Å². The molecule has 1 fully saturated rings. The number of nitrogens with two attached hydrogens (primary N) is 1. The first-order valence-electron chi connectivity index (χ1n) is 19.3. The summed E-state index contributed by atoms with van der Waals surface area (Å²) in [5.74, 6) is -1.75. The Morgan fingerprint density at radius 2 is 1.60 bits per heavy atom. The third kappa shape index (κ3) is 11.9. The summed E-state index contributed by atoms with van der Waals surface area (Å²) in [5, 5.41) is 6.15. The molecule has 0 aromatic heterocycles. The normalized spacial score (nSPS) is 18.5. The second-order valence-corrected chi connectivity index (χ2v) is 15.1. The fourth-order valence-corrected chi connectivity index (χ4v) is 7.60. The zero-order valence-electron chi connectivity index (χ0n) is 33.5. The number of rotatable bonds is 21. The number of hydrogen-bond acceptors (Lipinski definition) is 8. The second-order valence-electron chi connectivity index (χ2n) is 15.1. The molecule has 4 N–H and O–H groups in total. The van der Waals surface area contributed by atoms with Gasteiger partial charge in [-0.3, -0.25) is 19.2 Å². The largest absolute Gasteiger partial charge is 0.379 e. The van der Waals surface area contributed by atoms with Gasteiger partial charge in [-0.15, -0.1) is 0 Å². The number of nitrogens with zero attached hydrogens (tertiary/aromatic N) is 2. The lowest BCUT2D eigenvalue weighted by Crippen LogP contribution is -2.56. The number of likely N-dealkylation sites (N-methyl/N-ethyl adjacent to an activating group) is 1. The van der Waals surface area contributed by atoms with E-state index in [0.29, 0.717) is 25.1 Å². The number of ketones is 1. The molecule has 0 aliphatic carbocycles. The van der Waals surface area contributed by atoms with Crippen molar-refractivity contribution in [1.82, 2.24) is 15.1 Å². The average molecular weight is 736 g/mol. The van der Waals surface area contributed by atoms with Crippen LogP contribution in [-0.4, -0.2) is 98.5 Å². The molecule has 1 saturated heterocycles. The van der Waals surface area contributed by atoms with Crippen molar-refractivity contribution in [3.63, 3.8) is 0 Å². The number of benzene rings is 2. The summed E-state index contributed by atoms with van der Waals surface area (Å²) in [6, 6.07) is 16.0. The molecule has 3 amide bonds. The predicted octanol–water partition coefficient (Wildman–Crippen LogP) is 5.07. The van der Waals surface area contributed by atoms with Crippen LogP contribution in [0.3, 0.4) is 0 Å². The molecule has 0 radical (unpaired) electrons. The maximum Gasteiger partial charge on any atom is 0.239 e. The van der Waals surface area contributed by atoms with Crippen LogP contribution >= 0.6 is 0 Å². The summed E-state index contributed by atoms with van der Waals surface area (Å²) in [4.78, 5) is 58.8. The Morgan fingerprint density at radius 3 is 2.17 bits per heavy atom. The number of carbonyl (C=O) groups excluding carboxylic acids is 4. The lowest BCUT2D eigenvalue weighted by atomic mass is 9.85. The van der Waals surface area contributed by atoms with Gasteiger partial charge in [0.25, 0.3) is 0 Å². The van der Waals surface area contributed by atoms with Gasteiger partial charge in [-0.25, -0.2) is 0 Å². The number of Topliss-reactive ketones (excluding diaryl/α,β-unsaturated/α-hetero) is 1. The highest BCUT2D eigenvalue weighted by molar-refractivity contribution is 5.96. The van der Waals surface area contributed by atoms with Crippen molar-refractivity contribution in [2.24, 2.45) is 29.4 Å². The summed E-state index contributed by atoms with van der Waals surface area (Å²) < 4.78 is 12.0. The van der Waals surface area contributed by atoms with Crippen LogP contribution in [0.15, 0.2) is 54.6 Å². The molecule has 53 heavy (non-hydrogen) atoms. The Kier molecular flexibility index (Phi) is 17.6. The quantitative estimate of drug-likeness (QED) is 0.162. The molecule has 3 rings (SSSR count). The molecule has 1 aliphatic heterocycles. The third-order valence-corrected chi connectivity index (χ3v) is 11.1. The van der Waals surface area contributed by atoms with Gasteiger partial charge < -0.3 is 35.6 Å². The SMILES string of the molecule is CC[C@H](C)[C@@H]([C@@H](CC(=O)N1CCC[C@H]1[C@H](OC)[C@@H](C)C(=O)C[C@@H](Cc1ccccc1)C(=O)Nc1ccc(CNC)cc1)OC)N(C)C(=O)[C@@H](N)C(C)C. The molecule has 0 spiro atoms. The van der Waals surface area contributed by atoms with E-state index in [0.717, 1.165) is 30.5 Å². The van der Waals surface area contributed by atoms with Crippen molar-refractivity contribution >= 4 is 29.2 Å². The highest BCUT2D eigenvalue weighted by atomic mass is 16.5. The number of methoxy groups -OCH3 is 2. The zero-order valence-corrected chi connectivity index (χ0v) is 33.5. The van der Waals surface area contributed by atoms with Crippen LogP contribution in [-0.2, 0) is 41.6 Å². The fourth-order valence-electron chi connectivity index (χ4n) is 7.60. The Bertz CT molecular complexity index is 1450. The molecule has 0 unspecified atom stereocenters. The Morgan fingerprint density at radius 1 is 0.943 bits per heavy atom. The number of amides is 3. The van der Waals surface area contributed by atoms with E-state index in [1.165, 1.54) is 0 Å². The molecule has 0 saturated carbocycles. The number of likely N-dealkylation sites (tertiary alicyclic amines) is 1. The molecule has 11 nitrogen and oxygen atoms in total. The molecule has 2 aromatic rings. The molecule has 0 bridgehead atoms. The summed E-state index contributed by atoms with van der Waals surface area (Å²) in [7, 11) is 6.79. The van der Waals surface area contributed by atoms with E-state index in [4.69, 9.17) is 15.2 Å². The number of nitrogens with one attached hydrogen (secondary N) is 2. The minimum Gasteiger partial charge on any atom is -0.379 e. The van der Waals surface area contributed by atoms with Gasteiger partial charge in [0, 0.05) is 58.3 Å². The summed E-state index contributed by atoms with van der Waals surface area (Å²) in [6.07, 6.45) is 1.65. The minimum absolute atomic E-state index is 0.0292. The molecule has 11 heteroatoms. The van der Waals surface area contributed by atoms with Crippen LogP contribution < -0.4 is 16.4 Å². The first-order chi connectivity index (χ1) is 25.3. The number of anilines is 1. The molecular weight excluding hydrogens is 670 g/mol. The molecule has 1 aliphatic rings. The van der Waals surface area contributed by atoms with Gasteiger partial charge in [0.2, 0.25) is 17.7 Å². The maximum atomic E-state index is 14.1. The van der Waals surface area contributed by atoms with Crippen LogP contribution in [0, 0.1) is 23.7 Å². The first-order valence-corrected chi connectivity index (χ1v) is 19.3. The standard InChI is InChI=1S/C42H65N5O6/c1-10-28(4)39(46(7)42(51)38(43)27(2)3)36(52-8)25-37(49)47-22-14-17-34(47)40(53-9)29(5)35(48)24-32(23-30-15-12-11-13-16-30)41(50)45-33-20-18-31(19-21-33)26-44-6/h11-13,15-16,18-21,27-29,32,34,36,38-40,44H,10,14,17,22-26,43H2,1-9H3,(H,45,50)/t28-,29-,32+,34-,36+,38-,39-,40+/m0/s1. The van der Waals surface area contributed by atoms with Crippen molar-refractivity contribution in [3.05, 3.63) is 65.7 Å². The zero-order chi connectivity index (χ0) is 39.2. The number of hydrogen-bond donors (Lipinski definition) is 3. The Hall–Kier alpha value is -3.64. The molecule has 8 atom stereocenters. The van der Waals surface area contributed by atoms with E-state index in [1.807, 2.05) is 87.3 Å². The molecule has 1 heterocycles. The highest BCUT2D eigenvalue weighted by Gasteiger charge is 2.42. The van der Waals surface area contributed by atoms with Crippen molar-refractivity contribution in [2.75, 3.05) is 40.2 Å². The van der Waals surface area contributed by atoms with E-state index in [-0.39, 0.29) is 60.3 Å². The van der Waals surface area contributed by atoms with Crippen LogP contribution in [0.25, 0.3) is 0 Å². The van der Waals surface area contributed by atoms with E-state index < -0.39 is 30.1 Å². The van der Waals surface area contributed by atoms with Gasteiger partial charge in [0.05, 0.1) is 36.8 Å². The van der Waals surface area contributed by atoms with Gasteiger partial charge >= 0.3 is 0 Å². The third-order valence-electron chi connectivity index (χ3n) is 11.1. The van der Waals surface area contributed by atoms with E-state index in [9.17, 15) is 19.2 Å². The van der Waals surface area contributed by atoms with Crippen molar-refractivity contribution in [3.8, 4) is 0 Å². The maximum absolute atomic E-state index is 14.1. The lowest BCUT2D eigenvalue weighted by molar-refractivity contribution is -0.146. The van der Waals surface area contributed by atoms with Crippen LogP contribution in [0.1, 0.15) is 77.8 Å². The van der Waals surface area contributed by atoms with Gasteiger partial charge in [0.1, 0.15) is 5.78 Å². The van der Waals surface area contributed by atoms with Crippen molar-refractivity contribution in [2.45, 2.75) is 110 Å². The predicted molar refractivity (Wildman–Crippen MR) is 210 cm³/mol. The van der Waals surface area contributed by atoms with Gasteiger partial charge in [0.15, 0.2) is 0 Å². The molecular formula is C42H65N5O6. The Balaban J connectivity index is 1.78. The average Bonchev–Trinajstić information content (AvgIpc) is 3.64. The topological polar surface area (TPSA) is 143 Å². The number of ether oxygens (including phenoxy) is 2. The molecule has 294 valence electrons. The monoisotopic (exact) mass is 735 g/mol. The minimum atomic E-state index is -0.655. The molecule has 2 aromatic carbocycles. The first kappa shape index (κ1) is 43.8. The van der Waals surface area contributed by atoms with Crippen LogP contribution in [0.2, 0.25) is 0 Å².